The van der Waals surface area contributed by atoms with Crippen LogP contribution in [0, 0.1) is 11.7 Å². The molecule has 1 aromatic carbocycles. The highest BCUT2D eigenvalue weighted by atomic mass is 35.5. The number of aliphatic carboxylic acids is 1. The molecule has 0 spiro atoms. The highest BCUT2D eigenvalue weighted by Gasteiger charge is 2.24. The van der Waals surface area contributed by atoms with Gasteiger partial charge in [0.05, 0.1) is 6.04 Å². The number of benzene rings is 1. The predicted molar refractivity (Wildman–Crippen MR) is 64.8 cm³/mol. The molecule has 0 aliphatic rings. The van der Waals surface area contributed by atoms with Crippen LogP contribution in [-0.2, 0) is 9.59 Å². The Morgan fingerprint density at radius 2 is 2.00 bits per heavy atom. The summed E-state index contributed by atoms with van der Waals surface area (Å²) in [4.78, 5) is 21.7. The van der Waals surface area contributed by atoms with Crippen molar-refractivity contribution in [3.8, 4) is 0 Å². The van der Waals surface area contributed by atoms with Gasteiger partial charge >= 0.3 is 11.9 Å². The molecular weight excluding hydrogens is 261 g/mol. The van der Waals surface area contributed by atoms with E-state index in [-0.39, 0.29) is 16.5 Å². The lowest BCUT2D eigenvalue weighted by Gasteiger charge is -2.22. The van der Waals surface area contributed by atoms with Gasteiger partial charge in [0.2, 0.25) is 0 Å². The average Bonchev–Trinajstić information content (AvgIpc) is 2.26. The summed E-state index contributed by atoms with van der Waals surface area (Å²) in [6.45, 7) is 3.50. The van der Waals surface area contributed by atoms with Gasteiger partial charge in [-0.2, -0.15) is 0 Å². The van der Waals surface area contributed by atoms with Gasteiger partial charge in [-0.25, -0.2) is 9.18 Å². The topological polar surface area (TPSA) is 66.4 Å². The number of rotatable bonds is 3. The van der Waals surface area contributed by atoms with Crippen molar-refractivity contribution < 1.29 is 19.1 Å². The predicted octanol–water partition coefficient (Wildman–Crippen LogP) is 2.38. The van der Waals surface area contributed by atoms with E-state index in [0.717, 1.165) is 6.07 Å². The lowest BCUT2D eigenvalue weighted by molar-refractivity contribution is -0.150. The molecule has 98 valence electrons. The van der Waals surface area contributed by atoms with Gasteiger partial charge < -0.3 is 10.4 Å². The standard InChI is InChI=1S/C12H13ClFNO3/c1-6(2)10(15-11(16)12(17)18)8-4-3-7(13)5-9(8)14/h3-6,10H,1-2H3,(H,15,16)(H,17,18). The largest absolute Gasteiger partial charge is 0.474 e. The molecule has 0 aliphatic carbocycles. The van der Waals surface area contributed by atoms with Crippen LogP contribution in [0.3, 0.4) is 0 Å². The van der Waals surface area contributed by atoms with Gasteiger partial charge in [0.1, 0.15) is 5.82 Å². The van der Waals surface area contributed by atoms with Crippen molar-refractivity contribution >= 4 is 23.5 Å². The number of hydrogen-bond acceptors (Lipinski definition) is 2. The van der Waals surface area contributed by atoms with Crippen LogP contribution in [0.2, 0.25) is 5.02 Å². The van der Waals surface area contributed by atoms with Crippen LogP contribution in [0.25, 0.3) is 0 Å². The molecule has 0 heterocycles. The summed E-state index contributed by atoms with van der Waals surface area (Å²) >= 11 is 5.64. The maximum atomic E-state index is 13.7. The first-order chi connectivity index (χ1) is 8.32. The van der Waals surface area contributed by atoms with Gasteiger partial charge in [0.25, 0.3) is 0 Å². The molecule has 0 aromatic heterocycles. The maximum Gasteiger partial charge on any atom is 0.394 e. The Kier molecular flexibility index (Phi) is 4.67. The quantitative estimate of drug-likeness (QED) is 0.831. The molecule has 6 heteroatoms. The minimum absolute atomic E-state index is 0.163. The summed E-state index contributed by atoms with van der Waals surface area (Å²) in [5.41, 5.74) is 0.212. The van der Waals surface area contributed by atoms with Crippen molar-refractivity contribution in [2.75, 3.05) is 0 Å². The first kappa shape index (κ1) is 14.4. The molecule has 1 amide bonds. The third-order valence-corrected chi connectivity index (χ3v) is 2.68. The summed E-state index contributed by atoms with van der Waals surface area (Å²) in [6, 6.07) is 3.33. The highest BCUT2D eigenvalue weighted by molar-refractivity contribution is 6.31. The number of carbonyl (C=O) groups is 2. The Bertz CT molecular complexity index is 476. The van der Waals surface area contributed by atoms with Gasteiger partial charge in [0, 0.05) is 10.6 Å². The second-order valence-corrected chi connectivity index (χ2v) is 4.60. The van der Waals surface area contributed by atoms with Crippen molar-refractivity contribution in [1.82, 2.24) is 5.32 Å². The summed E-state index contributed by atoms with van der Waals surface area (Å²) in [6.07, 6.45) is 0. The van der Waals surface area contributed by atoms with E-state index in [0.29, 0.717) is 0 Å². The summed E-state index contributed by atoms with van der Waals surface area (Å²) in [5, 5.41) is 11.1. The molecule has 1 atom stereocenters. The van der Waals surface area contributed by atoms with Gasteiger partial charge in [-0.1, -0.05) is 31.5 Å². The monoisotopic (exact) mass is 273 g/mol. The van der Waals surface area contributed by atoms with Crippen LogP contribution in [0.1, 0.15) is 25.5 Å². The lowest BCUT2D eigenvalue weighted by Crippen LogP contribution is -2.36. The van der Waals surface area contributed by atoms with Crippen LogP contribution in [0.4, 0.5) is 4.39 Å². The molecule has 2 N–H and O–H groups in total. The molecule has 18 heavy (non-hydrogen) atoms. The molecule has 4 nitrogen and oxygen atoms in total. The first-order valence-electron chi connectivity index (χ1n) is 5.31. The van der Waals surface area contributed by atoms with Gasteiger partial charge in [-0.15, -0.1) is 0 Å². The van der Waals surface area contributed by atoms with Crippen LogP contribution < -0.4 is 5.32 Å². The smallest absolute Gasteiger partial charge is 0.394 e. The molecular formula is C12H13ClFNO3. The average molecular weight is 274 g/mol. The molecule has 0 fully saturated rings. The van der Waals surface area contributed by atoms with E-state index < -0.39 is 23.7 Å². The van der Waals surface area contributed by atoms with Crippen LogP contribution in [0.15, 0.2) is 18.2 Å². The van der Waals surface area contributed by atoms with Gasteiger partial charge in [-0.05, 0) is 18.1 Å². The zero-order valence-electron chi connectivity index (χ0n) is 9.91. The van der Waals surface area contributed by atoms with E-state index in [9.17, 15) is 14.0 Å². The molecule has 1 rings (SSSR count). The number of nitrogens with one attached hydrogen (secondary N) is 1. The molecule has 1 unspecified atom stereocenters. The number of amides is 1. The number of halogens is 2. The molecule has 0 radical (unpaired) electrons. The van der Waals surface area contributed by atoms with Crippen molar-refractivity contribution in [1.29, 1.82) is 0 Å². The third kappa shape index (κ3) is 3.43. The molecule has 0 aliphatic heterocycles. The van der Waals surface area contributed by atoms with E-state index in [4.69, 9.17) is 16.7 Å². The number of carboxylic acids is 1. The lowest BCUT2D eigenvalue weighted by atomic mass is 9.95. The minimum Gasteiger partial charge on any atom is -0.474 e. The van der Waals surface area contributed by atoms with E-state index in [2.05, 4.69) is 5.32 Å². The second kappa shape index (κ2) is 5.82. The van der Waals surface area contributed by atoms with Crippen molar-refractivity contribution in [3.63, 3.8) is 0 Å². The fourth-order valence-corrected chi connectivity index (χ4v) is 1.72. The van der Waals surface area contributed by atoms with E-state index in [1.54, 1.807) is 13.8 Å². The molecule has 1 aromatic rings. The molecule has 0 saturated carbocycles. The zero-order chi connectivity index (χ0) is 13.9. The Labute approximate surface area is 109 Å². The Morgan fingerprint density at radius 3 is 2.44 bits per heavy atom. The summed E-state index contributed by atoms with van der Waals surface area (Å²) < 4.78 is 13.7. The fourth-order valence-electron chi connectivity index (χ4n) is 1.56. The second-order valence-electron chi connectivity index (χ2n) is 4.17. The normalized spacial score (nSPS) is 12.3. The van der Waals surface area contributed by atoms with Gasteiger partial charge in [0.15, 0.2) is 0 Å². The van der Waals surface area contributed by atoms with Crippen LogP contribution >= 0.6 is 11.6 Å². The van der Waals surface area contributed by atoms with E-state index >= 15 is 0 Å². The van der Waals surface area contributed by atoms with Gasteiger partial charge in [-0.3, -0.25) is 4.79 Å². The number of carbonyl (C=O) groups excluding carboxylic acids is 1. The summed E-state index contributed by atoms with van der Waals surface area (Å²) in [5.74, 6) is -3.51. The molecule has 0 bridgehead atoms. The highest BCUT2D eigenvalue weighted by Crippen LogP contribution is 2.26. The fraction of sp³-hybridized carbons (Fsp3) is 0.333. The Balaban J connectivity index is 3.05. The van der Waals surface area contributed by atoms with Crippen LogP contribution in [0.5, 0.6) is 0 Å². The van der Waals surface area contributed by atoms with Crippen molar-refractivity contribution in [2.24, 2.45) is 5.92 Å². The number of carboxylic acid groups (broad SMARTS) is 1. The van der Waals surface area contributed by atoms with Crippen molar-refractivity contribution in [3.05, 3.63) is 34.6 Å². The minimum atomic E-state index is -1.60. The van der Waals surface area contributed by atoms with Crippen LogP contribution in [-0.4, -0.2) is 17.0 Å². The first-order valence-corrected chi connectivity index (χ1v) is 5.69. The molecule has 0 saturated heterocycles. The van der Waals surface area contributed by atoms with E-state index in [1.165, 1.54) is 12.1 Å². The maximum absolute atomic E-state index is 13.7. The Morgan fingerprint density at radius 1 is 1.39 bits per heavy atom. The SMILES string of the molecule is CC(C)C(NC(=O)C(=O)O)c1ccc(Cl)cc1F. The van der Waals surface area contributed by atoms with E-state index in [1.807, 2.05) is 0 Å². The summed E-state index contributed by atoms with van der Waals surface area (Å²) in [7, 11) is 0. The van der Waals surface area contributed by atoms with Crippen molar-refractivity contribution in [2.45, 2.75) is 19.9 Å². The number of hydrogen-bond donors (Lipinski definition) is 2. The Hall–Kier alpha value is -1.62. The third-order valence-electron chi connectivity index (χ3n) is 2.45. The zero-order valence-corrected chi connectivity index (χ0v) is 10.7.